The van der Waals surface area contributed by atoms with Crippen LogP contribution >= 0.6 is 0 Å². The highest BCUT2D eigenvalue weighted by molar-refractivity contribution is 6.97. The summed E-state index contributed by atoms with van der Waals surface area (Å²) in [4.78, 5) is 0. The molecule has 0 aliphatic rings. The van der Waals surface area contributed by atoms with E-state index in [2.05, 4.69) is 113 Å². The molecule has 0 amide bonds. The van der Waals surface area contributed by atoms with Gasteiger partial charge in [0.15, 0.2) is 0 Å². The molecule has 3 nitrogen and oxygen atoms in total. The van der Waals surface area contributed by atoms with Crippen molar-refractivity contribution in [1.29, 1.82) is 0 Å². The Labute approximate surface area is 220 Å². The Morgan fingerprint density at radius 2 is 1.43 bits per heavy atom. The molecule has 0 aromatic heterocycles. The highest BCUT2D eigenvalue weighted by Gasteiger charge is 2.60. The molecule has 0 bridgehead atoms. The van der Waals surface area contributed by atoms with Gasteiger partial charge in [-0.2, -0.15) is 0 Å². The van der Waals surface area contributed by atoms with E-state index in [1.54, 1.807) is 0 Å². The zero-order valence-electron chi connectivity index (χ0n) is 25.2. The maximum Gasteiger partial charge on any atom is 0.0922 e. The van der Waals surface area contributed by atoms with Crippen molar-refractivity contribution in [3.63, 3.8) is 0 Å². The van der Waals surface area contributed by atoms with Gasteiger partial charge in [-0.25, -0.2) is 0 Å². The molecule has 0 spiro atoms. The van der Waals surface area contributed by atoms with Crippen LogP contribution in [0.1, 0.15) is 102 Å². The van der Waals surface area contributed by atoms with Crippen LogP contribution < -0.4 is 5.19 Å². The van der Waals surface area contributed by atoms with E-state index in [0.29, 0.717) is 6.04 Å². The van der Waals surface area contributed by atoms with Crippen LogP contribution in [0.25, 0.3) is 0 Å². The quantitative estimate of drug-likeness (QED) is 0.204. The van der Waals surface area contributed by atoms with E-state index in [1.165, 1.54) is 24.4 Å². The Balaban J connectivity index is 3.87. The summed E-state index contributed by atoms with van der Waals surface area (Å²) in [6.07, 6.45) is 3.99. The topological polar surface area (TPSA) is 49.7 Å². The Morgan fingerprint density at radius 3 is 1.86 bits per heavy atom. The summed E-state index contributed by atoms with van der Waals surface area (Å²) >= 11 is 0. The first kappa shape index (κ1) is 32.6. The molecule has 205 valence electrons. The normalized spacial score (nSPS) is 18.1. The van der Waals surface area contributed by atoms with Crippen LogP contribution in [-0.4, -0.2) is 44.9 Å². The van der Waals surface area contributed by atoms with Crippen molar-refractivity contribution in [2.75, 3.05) is 6.61 Å². The molecule has 0 saturated heterocycles. The van der Waals surface area contributed by atoms with Crippen molar-refractivity contribution < 1.29 is 14.6 Å². The first-order chi connectivity index (χ1) is 15.8. The zero-order chi connectivity index (χ0) is 27.3. The van der Waals surface area contributed by atoms with Crippen molar-refractivity contribution in [2.24, 2.45) is 0 Å². The number of hydrogen-bond donors (Lipinski definition) is 2. The monoisotopic (exact) mass is 522 g/mol. The summed E-state index contributed by atoms with van der Waals surface area (Å²) in [6, 6.07) is 12.8. The van der Waals surface area contributed by atoms with Crippen LogP contribution in [0.2, 0.25) is 33.7 Å². The van der Waals surface area contributed by atoms with Crippen LogP contribution in [0.3, 0.4) is 0 Å². The Hall–Kier alpha value is -0.466. The molecule has 2 N–H and O–H groups in total. The lowest BCUT2D eigenvalue weighted by Crippen LogP contribution is -2.68. The number of aliphatic hydroxyl groups is 2. The van der Waals surface area contributed by atoms with Gasteiger partial charge in [-0.1, -0.05) is 128 Å². The summed E-state index contributed by atoms with van der Waals surface area (Å²) in [7, 11) is -4.81. The Morgan fingerprint density at radius 1 is 0.886 bits per heavy atom. The third kappa shape index (κ3) is 6.90. The SMILES string of the molecule is CCCCCC[Si-](CC(O)CO)(OC(C)(C)C)C(C)(C)C(C)(C)[Si](C)(c1ccccc1)C(C)(C)C. The number of unbranched alkanes of at least 4 members (excludes halogenated alkanes) is 3. The number of benzene rings is 1. The molecule has 1 aromatic rings. The zero-order valence-corrected chi connectivity index (χ0v) is 27.2. The van der Waals surface area contributed by atoms with Gasteiger partial charge in [-0.05, 0) is 34.1 Å². The second-order valence-electron chi connectivity index (χ2n) is 14.1. The third-order valence-corrected chi connectivity index (χ3v) is 23.6. The predicted octanol–water partition coefficient (Wildman–Crippen LogP) is 8.03. The molecule has 0 aliphatic carbocycles. The van der Waals surface area contributed by atoms with E-state index < -0.39 is 22.5 Å². The Bertz CT molecular complexity index is 764. The lowest BCUT2D eigenvalue weighted by Gasteiger charge is -2.70. The van der Waals surface area contributed by atoms with Gasteiger partial charge in [-0.15, -0.1) is 17.1 Å². The second kappa shape index (κ2) is 11.9. The molecular formula is C30H58O3Si2-. The summed E-state index contributed by atoms with van der Waals surface area (Å²) in [6.45, 7) is 28.2. The second-order valence-corrected chi connectivity index (χ2v) is 24.0. The number of hydrogen-bond acceptors (Lipinski definition) is 3. The van der Waals surface area contributed by atoms with Crippen molar-refractivity contribution in [1.82, 2.24) is 0 Å². The predicted molar refractivity (Wildman–Crippen MR) is 159 cm³/mol. The van der Waals surface area contributed by atoms with Crippen molar-refractivity contribution >= 4 is 21.6 Å². The van der Waals surface area contributed by atoms with Gasteiger partial charge < -0.3 is 14.6 Å². The van der Waals surface area contributed by atoms with Gasteiger partial charge >= 0.3 is 0 Å². The molecule has 1 aromatic carbocycles. The largest absolute Gasteiger partial charge is 0.560 e. The molecular weight excluding hydrogens is 464 g/mol. The van der Waals surface area contributed by atoms with E-state index in [4.69, 9.17) is 4.43 Å². The minimum atomic E-state index is -2.62. The lowest BCUT2D eigenvalue weighted by molar-refractivity contribution is 0.0745. The lowest BCUT2D eigenvalue weighted by atomic mass is 9.97. The van der Waals surface area contributed by atoms with E-state index in [-0.39, 0.29) is 27.3 Å². The maximum atomic E-state index is 10.9. The summed E-state index contributed by atoms with van der Waals surface area (Å²) < 4.78 is 7.26. The van der Waals surface area contributed by atoms with E-state index in [0.717, 1.165) is 12.5 Å². The molecule has 3 unspecified atom stereocenters. The summed E-state index contributed by atoms with van der Waals surface area (Å²) in [5.74, 6) is 0. The fourth-order valence-corrected chi connectivity index (χ4v) is 19.3. The fraction of sp³-hybridized carbons (Fsp3) is 0.800. The molecule has 1 rings (SSSR count). The van der Waals surface area contributed by atoms with Crippen LogP contribution in [0, 0.1) is 0 Å². The van der Waals surface area contributed by atoms with Crippen LogP contribution in [0.15, 0.2) is 30.3 Å². The number of aliphatic hydroxyl groups excluding tert-OH is 2. The van der Waals surface area contributed by atoms with Gasteiger partial charge in [0.05, 0.1) is 20.8 Å². The average Bonchev–Trinajstić information content (AvgIpc) is 2.74. The van der Waals surface area contributed by atoms with E-state index >= 15 is 0 Å². The first-order valence-electron chi connectivity index (χ1n) is 13.9. The molecule has 0 aliphatic heterocycles. The smallest absolute Gasteiger partial charge is 0.0922 e. The van der Waals surface area contributed by atoms with Crippen LogP contribution in [0.4, 0.5) is 0 Å². The Kier molecular flexibility index (Phi) is 11.1. The van der Waals surface area contributed by atoms with Crippen LogP contribution in [0.5, 0.6) is 0 Å². The van der Waals surface area contributed by atoms with Crippen molar-refractivity contribution in [3.8, 4) is 0 Å². The van der Waals surface area contributed by atoms with Gasteiger partial charge in [-0.3, -0.25) is 0 Å². The van der Waals surface area contributed by atoms with E-state index in [1.807, 2.05) is 0 Å². The van der Waals surface area contributed by atoms with E-state index in [9.17, 15) is 10.2 Å². The minimum Gasteiger partial charge on any atom is -0.560 e. The van der Waals surface area contributed by atoms with Crippen LogP contribution in [-0.2, 0) is 4.43 Å². The summed E-state index contributed by atoms with van der Waals surface area (Å²) in [5, 5.41) is 22.3. The van der Waals surface area contributed by atoms with Gasteiger partial charge in [0.1, 0.15) is 0 Å². The maximum absolute atomic E-state index is 10.9. The van der Waals surface area contributed by atoms with Gasteiger partial charge in [0.2, 0.25) is 0 Å². The molecule has 0 fully saturated rings. The van der Waals surface area contributed by atoms with Crippen molar-refractivity contribution in [3.05, 3.63) is 30.3 Å². The minimum absolute atomic E-state index is 0.0446. The molecule has 0 saturated carbocycles. The molecule has 0 heterocycles. The first-order valence-corrected chi connectivity index (χ1v) is 18.7. The highest BCUT2D eigenvalue weighted by Crippen LogP contribution is 2.68. The van der Waals surface area contributed by atoms with Crippen molar-refractivity contribution in [2.45, 2.75) is 147 Å². The average molecular weight is 523 g/mol. The fourth-order valence-electron chi connectivity index (χ4n) is 6.46. The standard InChI is InChI=1S/C30H58O3Si2/c1-13-14-15-19-22-35(24-25(32)23-31,33-27(2,3)4)30(10,11)29(8,9)34(12,28(5,6)7)26-20-17-16-18-21-26/h16-18,20-21,25,31-32H,13-15,19,22-24H2,1-12H3/q-1. The number of rotatable bonds is 13. The highest BCUT2D eigenvalue weighted by atomic mass is 28.4. The van der Waals surface area contributed by atoms with Gasteiger partial charge in [0, 0.05) is 5.60 Å². The van der Waals surface area contributed by atoms with Gasteiger partial charge in [0.25, 0.3) is 0 Å². The summed E-state index contributed by atoms with van der Waals surface area (Å²) in [5.41, 5.74) is -0.314. The molecule has 0 radical (unpaired) electrons. The molecule has 35 heavy (non-hydrogen) atoms. The molecule has 5 heteroatoms. The third-order valence-electron chi connectivity index (χ3n) is 9.51. The molecule has 3 atom stereocenters.